The fraction of sp³-hybridized carbons (Fsp3) is 0.944. The van der Waals surface area contributed by atoms with Gasteiger partial charge in [0.1, 0.15) is 0 Å². The highest BCUT2D eigenvalue weighted by molar-refractivity contribution is 7.41. The summed E-state index contributed by atoms with van der Waals surface area (Å²) in [5, 5.41) is 0. The molecule has 0 aliphatic heterocycles. The molecule has 1 saturated carbocycles. The van der Waals surface area contributed by atoms with E-state index in [0.29, 0.717) is 32.3 Å². The first-order valence-electron chi connectivity index (χ1n) is 9.52. The molecular weight excluding hydrogens is 359 g/mol. The highest BCUT2D eigenvalue weighted by Crippen LogP contribution is 2.42. The SMILES string of the molecule is CCOC(=O)C1CCC(C(COP(OCC)OCC)C(OC)OC)CC1. The third-order valence-electron chi connectivity index (χ3n) is 4.65. The Hall–Kier alpha value is -0.300. The van der Waals surface area contributed by atoms with Crippen LogP contribution in [0.3, 0.4) is 0 Å². The van der Waals surface area contributed by atoms with Gasteiger partial charge in [0, 0.05) is 20.1 Å². The van der Waals surface area contributed by atoms with Gasteiger partial charge in [0.05, 0.1) is 32.3 Å². The molecule has 1 unspecified atom stereocenters. The summed E-state index contributed by atoms with van der Waals surface area (Å²) in [4.78, 5) is 12.0. The van der Waals surface area contributed by atoms with Crippen molar-refractivity contribution in [3.63, 3.8) is 0 Å². The van der Waals surface area contributed by atoms with E-state index in [1.54, 1.807) is 14.2 Å². The summed E-state index contributed by atoms with van der Waals surface area (Å²) in [6, 6.07) is 0. The summed E-state index contributed by atoms with van der Waals surface area (Å²) in [6.07, 6.45) is 3.13. The number of methoxy groups -OCH3 is 2. The molecule has 0 heterocycles. The topological polar surface area (TPSA) is 72.5 Å². The second-order valence-electron chi connectivity index (χ2n) is 6.22. The predicted octanol–water partition coefficient (Wildman–Crippen LogP) is 3.91. The molecule has 0 spiro atoms. The summed E-state index contributed by atoms with van der Waals surface area (Å²) < 4.78 is 33.1. The van der Waals surface area contributed by atoms with Gasteiger partial charge in [0.25, 0.3) is 0 Å². The average molecular weight is 394 g/mol. The number of hydrogen-bond donors (Lipinski definition) is 0. The number of hydrogen-bond acceptors (Lipinski definition) is 7. The highest BCUT2D eigenvalue weighted by Gasteiger charge is 2.36. The lowest BCUT2D eigenvalue weighted by Gasteiger charge is -2.36. The Morgan fingerprint density at radius 1 is 0.923 bits per heavy atom. The van der Waals surface area contributed by atoms with Crippen LogP contribution in [0.1, 0.15) is 46.5 Å². The molecule has 1 atom stereocenters. The lowest BCUT2D eigenvalue weighted by Crippen LogP contribution is -2.37. The first-order valence-corrected chi connectivity index (χ1v) is 10.6. The first-order chi connectivity index (χ1) is 12.6. The van der Waals surface area contributed by atoms with Crippen LogP contribution in [-0.2, 0) is 32.6 Å². The zero-order valence-electron chi connectivity index (χ0n) is 16.8. The van der Waals surface area contributed by atoms with Crippen molar-refractivity contribution in [1.29, 1.82) is 0 Å². The monoisotopic (exact) mass is 394 g/mol. The van der Waals surface area contributed by atoms with Gasteiger partial charge in [0.15, 0.2) is 6.29 Å². The zero-order chi connectivity index (χ0) is 19.4. The van der Waals surface area contributed by atoms with Crippen LogP contribution in [0, 0.1) is 17.8 Å². The van der Waals surface area contributed by atoms with Crippen molar-refractivity contribution in [2.24, 2.45) is 17.8 Å². The Kier molecular flexibility index (Phi) is 12.6. The largest absolute Gasteiger partial charge is 0.466 e. The molecular formula is C18H35O7P. The normalized spacial score (nSPS) is 22.0. The van der Waals surface area contributed by atoms with Gasteiger partial charge in [-0.25, -0.2) is 0 Å². The molecule has 0 aromatic heterocycles. The van der Waals surface area contributed by atoms with Gasteiger partial charge in [-0.2, -0.15) is 0 Å². The summed E-state index contributed by atoms with van der Waals surface area (Å²) in [7, 11) is 1.92. The molecule has 0 aromatic carbocycles. The molecule has 1 aliphatic rings. The summed E-state index contributed by atoms with van der Waals surface area (Å²) in [5.41, 5.74) is 0. The van der Waals surface area contributed by atoms with Crippen molar-refractivity contribution in [3.8, 4) is 0 Å². The Morgan fingerprint density at radius 3 is 1.96 bits per heavy atom. The van der Waals surface area contributed by atoms with E-state index in [1.807, 2.05) is 20.8 Å². The van der Waals surface area contributed by atoms with E-state index < -0.39 is 8.60 Å². The van der Waals surface area contributed by atoms with Gasteiger partial charge in [0.2, 0.25) is 0 Å². The molecule has 1 fully saturated rings. The maximum Gasteiger partial charge on any atom is 0.332 e. The van der Waals surface area contributed by atoms with Crippen LogP contribution in [0.15, 0.2) is 0 Å². The van der Waals surface area contributed by atoms with Crippen molar-refractivity contribution in [2.45, 2.75) is 52.7 Å². The average Bonchev–Trinajstić information content (AvgIpc) is 2.65. The van der Waals surface area contributed by atoms with Gasteiger partial charge in [-0.15, -0.1) is 0 Å². The molecule has 26 heavy (non-hydrogen) atoms. The van der Waals surface area contributed by atoms with E-state index in [0.717, 1.165) is 25.7 Å². The van der Waals surface area contributed by atoms with E-state index in [-0.39, 0.29) is 24.1 Å². The van der Waals surface area contributed by atoms with Gasteiger partial charge < -0.3 is 27.8 Å². The second-order valence-corrected chi connectivity index (χ2v) is 7.44. The Bertz CT molecular complexity index is 365. The fourth-order valence-electron chi connectivity index (χ4n) is 3.40. The Morgan fingerprint density at radius 2 is 1.50 bits per heavy atom. The van der Waals surface area contributed by atoms with Gasteiger partial charge >= 0.3 is 14.6 Å². The lowest BCUT2D eigenvalue weighted by molar-refractivity contribution is -0.163. The minimum absolute atomic E-state index is 0.000260. The smallest absolute Gasteiger partial charge is 0.332 e. The Balaban J connectivity index is 2.65. The van der Waals surface area contributed by atoms with Crippen LogP contribution in [0.25, 0.3) is 0 Å². The summed E-state index contributed by atoms with van der Waals surface area (Å²) in [6.45, 7) is 7.62. The molecule has 7 nitrogen and oxygen atoms in total. The highest BCUT2D eigenvalue weighted by atomic mass is 31.2. The van der Waals surface area contributed by atoms with Gasteiger partial charge in [-0.05, 0) is 52.4 Å². The summed E-state index contributed by atoms with van der Waals surface area (Å²) >= 11 is 0. The second kappa shape index (κ2) is 13.8. The third kappa shape index (κ3) is 7.75. The van der Waals surface area contributed by atoms with Crippen LogP contribution in [-0.4, -0.2) is 52.9 Å². The van der Waals surface area contributed by atoms with Crippen molar-refractivity contribution >= 4 is 14.6 Å². The van der Waals surface area contributed by atoms with E-state index in [9.17, 15) is 4.79 Å². The molecule has 0 bridgehead atoms. The van der Waals surface area contributed by atoms with E-state index in [4.69, 9.17) is 27.8 Å². The molecule has 0 saturated heterocycles. The number of carbonyl (C=O) groups is 1. The number of ether oxygens (including phenoxy) is 3. The number of rotatable bonds is 13. The molecule has 0 radical (unpaired) electrons. The Labute approximate surface area is 159 Å². The van der Waals surface area contributed by atoms with Crippen LogP contribution in [0.2, 0.25) is 0 Å². The maximum atomic E-state index is 12.0. The third-order valence-corrected chi connectivity index (χ3v) is 5.95. The number of esters is 1. The maximum absolute atomic E-state index is 12.0. The van der Waals surface area contributed by atoms with Gasteiger partial charge in [-0.1, -0.05) is 0 Å². The minimum Gasteiger partial charge on any atom is -0.466 e. The van der Waals surface area contributed by atoms with E-state index in [1.165, 1.54) is 0 Å². The quantitative estimate of drug-likeness (QED) is 0.266. The van der Waals surface area contributed by atoms with E-state index >= 15 is 0 Å². The zero-order valence-corrected chi connectivity index (χ0v) is 17.7. The summed E-state index contributed by atoms with van der Waals surface area (Å²) in [5.74, 6) is 0.329. The number of carbonyl (C=O) groups excluding carboxylic acids is 1. The molecule has 0 amide bonds. The minimum atomic E-state index is -1.36. The standard InChI is InChI=1S/C18H35O7P/c1-6-22-17(19)15-11-9-14(10-12-15)16(18(20-4)21-5)13-25-26(23-7-2)24-8-3/h14-16,18H,6-13H2,1-5H3. The van der Waals surface area contributed by atoms with Crippen molar-refractivity contribution in [3.05, 3.63) is 0 Å². The van der Waals surface area contributed by atoms with Crippen LogP contribution < -0.4 is 0 Å². The molecule has 0 aromatic rings. The molecule has 1 aliphatic carbocycles. The molecule has 154 valence electrons. The van der Waals surface area contributed by atoms with Crippen molar-refractivity contribution in [1.82, 2.24) is 0 Å². The van der Waals surface area contributed by atoms with Crippen molar-refractivity contribution in [2.75, 3.05) is 40.6 Å². The molecule has 8 heteroatoms. The van der Waals surface area contributed by atoms with E-state index in [2.05, 4.69) is 0 Å². The molecule has 1 rings (SSSR count). The van der Waals surface area contributed by atoms with Crippen LogP contribution >= 0.6 is 8.60 Å². The van der Waals surface area contributed by atoms with Crippen LogP contribution in [0.4, 0.5) is 0 Å². The van der Waals surface area contributed by atoms with Crippen LogP contribution in [0.5, 0.6) is 0 Å². The van der Waals surface area contributed by atoms with Gasteiger partial charge in [-0.3, -0.25) is 4.79 Å². The first kappa shape index (κ1) is 23.7. The molecule has 0 N–H and O–H groups in total. The lowest BCUT2D eigenvalue weighted by atomic mass is 9.75. The predicted molar refractivity (Wildman–Crippen MR) is 99.5 cm³/mol. The van der Waals surface area contributed by atoms with Crippen molar-refractivity contribution < 1.29 is 32.6 Å². The fourth-order valence-corrected chi connectivity index (χ4v) is 4.33.